The highest BCUT2D eigenvalue weighted by Gasteiger charge is 1.93. The molecule has 2 aromatic rings. The van der Waals surface area contributed by atoms with Crippen molar-refractivity contribution in [1.29, 1.82) is 0 Å². The molecule has 0 atom stereocenters. The van der Waals surface area contributed by atoms with Gasteiger partial charge in [-0.15, -0.1) is 0 Å². The van der Waals surface area contributed by atoms with E-state index >= 15 is 0 Å². The molecule has 88 valence electrons. The standard InChI is InChI=1S/C7H7NO.C6H8N2/c8-7(9)6-4-2-1-3-5-6;7-5-3-1-2-4-6(5)8/h1-5H,(H2,8,9);1-4H,7-8H2. The molecule has 0 fully saturated rings. The lowest BCUT2D eigenvalue weighted by Gasteiger charge is -1.94. The predicted octanol–water partition coefficient (Wildman–Crippen LogP) is 1.64. The van der Waals surface area contributed by atoms with Crippen molar-refractivity contribution in [2.24, 2.45) is 5.73 Å². The molecule has 4 nitrogen and oxygen atoms in total. The number of amides is 1. The fourth-order valence-electron chi connectivity index (χ4n) is 1.11. The number of rotatable bonds is 1. The van der Waals surface area contributed by atoms with Gasteiger partial charge in [-0.05, 0) is 24.3 Å². The summed E-state index contributed by atoms with van der Waals surface area (Å²) in [6.07, 6.45) is 0. The number of primary amides is 1. The van der Waals surface area contributed by atoms with Gasteiger partial charge in [0, 0.05) is 5.56 Å². The molecule has 4 heteroatoms. The van der Waals surface area contributed by atoms with E-state index in [1.54, 1.807) is 36.4 Å². The molecule has 0 aliphatic rings. The van der Waals surface area contributed by atoms with Gasteiger partial charge in [0.05, 0.1) is 11.4 Å². The highest BCUT2D eigenvalue weighted by atomic mass is 16.1. The van der Waals surface area contributed by atoms with E-state index in [2.05, 4.69) is 0 Å². The summed E-state index contributed by atoms with van der Waals surface area (Å²) in [7, 11) is 0. The maximum absolute atomic E-state index is 10.4. The van der Waals surface area contributed by atoms with Crippen LogP contribution in [0, 0.1) is 0 Å². The summed E-state index contributed by atoms with van der Waals surface area (Å²) >= 11 is 0. The van der Waals surface area contributed by atoms with E-state index in [-0.39, 0.29) is 5.91 Å². The summed E-state index contributed by atoms with van der Waals surface area (Å²) < 4.78 is 0. The van der Waals surface area contributed by atoms with E-state index in [0.29, 0.717) is 16.9 Å². The molecule has 6 N–H and O–H groups in total. The van der Waals surface area contributed by atoms with Gasteiger partial charge >= 0.3 is 0 Å². The quantitative estimate of drug-likeness (QED) is 0.648. The third kappa shape index (κ3) is 4.25. The Labute approximate surface area is 100 Å². The summed E-state index contributed by atoms with van der Waals surface area (Å²) in [6, 6.07) is 16.0. The second-order valence-corrected chi connectivity index (χ2v) is 3.36. The van der Waals surface area contributed by atoms with Crippen LogP contribution in [0.2, 0.25) is 0 Å². The Balaban J connectivity index is 0.000000171. The predicted molar refractivity (Wildman–Crippen MR) is 70.2 cm³/mol. The second kappa shape index (κ2) is 6.17. The van der Waals surface area contributed by atoms with Gasteiger partial charge in [0.1, 0.15) is 0 Å². The lowest BCUT2D eigenvalue weighted by atomic mass is 10.2. The number of nitrogen functional groups attached to an aromatic ring is 2. The number of para-hydroxylation sites is 2. The highest BCUT2D eigenvalue weighted by molar-refractivity contribution is 5.92. The zero-order chi connectivity index (χ0) is 12.7. The van der Waals surface area contributed by atoms with E-state index < -0.39 is 0 Å². The number of benzene rings is 2. The van der Waals surface area contributed by atoms with Crippen molar-refractivity contribution in [1.82, 2.24) is 0 Å². The molecule has 1 amide bonds. The Morgan fingerprint density at radius 3 is 1.47 bits per heavy atom. The fourth-order valence-corrected chi connectivity index (χ4v) is 1.11. The van der Waals surface area contributed by atoms with Crippen molar-refractivity contribution in [2.75, 3.05) is 11.5 Å². The van der Waals surface area contributed by atoms with Crippen molar-refractivity contribution < 1.29 is 4.79 Å². The summed E-state index contributed by atoms with van der Waals surface area (Å²) in [6.45, 7) is 0. The van der Waals surface area contributed by atoms with Gasteiger partial charge in [0.15, 0.2) is 0 Å². The minimum atomic E-state index is -0.379. The number of nitrogens with two attached hydrogens (primary N) is 3. The van der Waals surface area contributed by atoms with Gasteiger partial charge in [-0.25, -0.2) is 0 Å². The molecule has 0 heterocycles. The molecule has 17 heavy (non-hydrogen) atoms. The van der Waals surface area contributed by atoms with Crippen LogP contribution in [0.4, 0.5) is 11.4 Å². The summed E-state index contributed by atoms with van der Waals surface area (Å²) in [5, 5.41) is 0. The summed E-state index contributed by atoms with van der Waals surface area (Å²) in [5.41, 5.74) is 17.6. The van der Waals surface area contributed by atoms with Crippen LogP contribution in [0.3, 0.4) is 0 Å². The monoisotopic (exact) mass is 229 g/mol. The van der Waals surface area contributed by atoms with Crippen LogP contribution in [0.1, 0.15) is 10.4 Å². The van der Waals surface area contributed by atoms with Crippen molar-refractivity contribution in [3.8, 4) is 0 Å². The molecular formula is C13H15N3O. The maximum Gasteiger partial charge on any atom is 0.248 e. The minimum Gasteiger partial charge on any atom is -0.397 e. The Morgan fingerprint density at radius 2 is 1.18 bits per heavy atom. The first kappa shape index (κ1) is 12.6. The number of hydrogen-bond acceptors (Lipinski definition) is 3. The average molecular weight is 229 g/mol. The molecule has 2 aromatic carbocycles. The number of hydrogen-bond donors (Lipinski definition) is 3. The van der Waals surface area contributed by atoms with Crippen molar-refractivity contribution >= 4 is 17.3 Å². The third-order valence-electron chi connectivity index (χ3n) is 2.05. The lowest BCUT2D eigenvalue weighted by Crippen LogP contribution is -2.09. The second-order valence-electron chi connectivity index (χ2n) is 3.36. The van der Waals surface area contributed by atoms with Gasteiger partial charge in [0.2, 0.25) is 5.91 Å². The largest absolute Gasteiger partial charge is 0.397 e. The van der Waals surface area contributed by atoms with E-state index in [0.717, 1.165) is 0 Å². The summed E-state index contributed by atoms with van der Waals surface area (Å²) in [4.78, 5) is 10.4. The normalized spacial score (nSPS) is 8.94. The van der Waals surface area contributed by atoms with Crippen LogP contribution >= 0.6 is 0 Å². The zero-order valence-electron chi connectivity index (χ0n) is 9.34. The minimum absolute atomic E-state index is 0.379. The molecule has 0 unspecified atom stereocenters. The average Bonchev–Trinajstić information content (AvgIpc) is 2.35. The molecular weight excluding hydrogens is 214 g/mol. The Kier molecular flexibility index (Phi) is 4.57. The lowest BCUT2D eigenvalue weighted by molar-refractivity contribution is 0.100. The van der Waals surface area contributed by atoms with Gasteiger partial charge in [-0.1, -0.05) is 30.3 Å². The van der Waals surface area contributed by atoms with E-state index in [1.807, 2.05) is 18.2 Å². The van der Waals surface area contributed by atoms with Gasteiger partial charge < -0.3 is 17.2 Å². The van der Waals surface area contributed by atoms with Crippen molar-refractivity contribution in [3.63, 3.8) is 0 Å². The molecule has 0 saturated heterocycles. The first-order valence-corrected chi connectivity index (χ1v) is 5.06. The molecule has 0 aliphatic carbocycles. The third-order valence-corrected chi connectivity index (χ3v) is 2.05. The van der Waals surface area contributed by atoms with Crippen LogP contribution in [-0.2, 0) is 0 Å². The smallest absolute Gasteiger partial charge is 0.248 e. The molecule has 0 saturated carbocycles. The van der Waals surface area contributed by atoms with Crippen LogP contribution < -0.4 is 17.2 Å². The van der Waals surface area contributed by atoms with Gasteiger partial charge in [0.25, 0.3) is 0 Å². The molecule has 0 bridgehead atoms. The Hall–Kier alpha value is -2.49. The molecule has 0 aliphatic heterocycles. The SMILES string of the molecule is NC(=O)c1ccccc1.Nc1ccccc1N. The first-order valence-electron chi connectivity index (χ1n) is 5.06. The summed E-state index contributed by atoms with van der Waals surface area (Å²) in [5.74, 6) is -0.379. The van der Waals surface area contributed by atoms with Crippen LogP contribution in [0.5, 0.6) is 0 Å². The van der Waals surface area contributed by atoms with Gasteiger partial charge in [-0.2, -0.15) is 0 Å². The molecule has 2 rings (SSSR count). The first-order chi connectivity index (χ1) is 8.11. The Morgan fingerprint density at radius 1 is 0.765 bits per heavy atom. The topological polar surface area (TPSA) is 95.1 Å². The number of carbonyl (C=O) groups is 1. The number of carbonyl (C=O) groups excluding carboxylic acids is 1. The fraction of sp³-hybridized carbons (Fsp3) is 0. The van der Waals surface area contributed by atoms with Crippen molar-refractivity contribution in [3.05, 3.63) is 60.2 Å². The van der Waals surface area contributed by atoms with Crippen molar-refractivity contribution in [2.45, 2.75) is 0 Å². The van der Waals surface area contributed by atoms with Gasteiger partial charge in [-0.3, -0.25) is 4.79 Å². The molecule has 0 spiro atoms. The van der Waals surface area contributed by atoms with Crippen LogP contribution in [0.25, 0.3) is 0 Å². The van der Waals surface area contributed by atoms with E-state index in [9.17, 15) is 4.79 Å². The molecule has 0 radical (unpaired) electrons. The Bertz CT molecular complexity index is 462. The maximum atomic E-state index is 10.4. The van der Waals surface area contributed by atoms with Crippen LogP contribution in [0.15, 0.2) is 54.6 Å². The highest BCUT2D eigenvalue weighted by Crippen LogP contribution is 2.10. The van der Waals surface area contributed by atoms with Crippen LogP contribution in [-0.4, -0.2) is 5.91 Å². The van der Waals surface area contributed by atoms with E-state index in [4.69, 9.17) is 17.2 Å². The van der Waals surface area contributed by atoms with E-state index in [1.165, 1.54) is 0 Å². The molecule has 0 aromatic heterocycles. The number of anilines is 2. The zero-order valence-corrected chi connectivity index (χ0v) is 9.34.